The highest BCUT2D eigenvalue weighted by Crippen LogP contribution is 2.18. The molecule has 0 aliphatic rings. The van der Waals surface area contributed by atoms with Crippen molar-refractivity contribution in [3.63, 3.8) is 0 Å². The zero-order chi connectivity index (χ0) is 10.0. The minimum absolute atomic E-state index is 0.178. The summed E-state index contributed by atoms with van der Waals surface area (Å²) in [7, 11) is 0. The van der Waals surface area contributed by atoms with Crippen molar-refractivity contribution in [2.75, 3.05) is 11.1 Å². The summed E-state index contributed by atoms with van der Waals surface area (Å²) in [6, 6.07) is 0. The SMILES string of the molecule is CC(=O)Nc1c(C)nc(C)nc1N. The van der Waals surface area contributed by atoms with Crippen LogP contribution in [0.2, 0.25) is 0 Å². The Hall–Kier alpha value is -1.65. The van der Waals surface area contributed by atoms with Crippen LogP contribution in [0.25, 0.3) is 0 Å². The second-order valence-electron chi connectivity index (χ2n) is 2.80. The lowest BCUT2D eigenvalue weighted by Crippen LogP contribution is -2.12. The first-order chi connectivity index (χ1) is 6.00. The highest BCUT2D eigenvalue weighted by molar-refractivity contribution is 5.92. The van der Waals surface area contributed by atoms with Gasteiger partial charge in [-0.25, -0.2) is 9.97 Å². The maximum atomic E-state index is 10.8. The summed E-state index contributed by atoms with van der Waals surface area (Å²) < 4.78 is 0. The van der Waals surface area contributed by atoms with Gasteiger partial charge in [0.15, 0.2) is 5.82 Å². The molecule has 1 rings (SSSR count). The fraction of sp³-hybridized carbons (Fsp3) is 0.375. The van der Waals surface area contributed by atoms with Crippen LogP contribution in [0.3, 0.4) is 0 Å². The highest BCUT2D eigenvalue weighted by Gasteiger charge is 2.07. The molecule has 0 spiro atoms. The summed E-state index contributed by atoms with van der Waals surface area (Å²) in [5, 5.41) is 2.58. The molecule has 0 aromatic carbocycles. The van der Waals surface area contributed by atoms with Gasteiger partial charge in [0.1, 0.15) is 11.5 Å². The Bertz CT molecular complexity index is 325. The summed E-state index contributed by atoms with van der Waals surface area (Å²) in [6.45, 7) is 4.94. The zero-order valence-electron chi connectivity index (χ0n) is 7.88. The third-order valence-electron chi connectivity index (χ3n) is 1.53. The standard InChI is InChI=1S/C8H12N4O/c1-4-7(12-6(3)13)8(9)11-5(2)10-4/h1-3H3,(H,12,13)(H2,9,10,11). The van der Waals surface area contributed by atoms with Crippen LogP contribution >= 0.6 is 0 Å². The quantitative estimate of drug-likeness (QED) is 0.664. The van der Waals surface area contributed by atoms with Gasteiger partial charge in [-0.2, -0.15) is 0 Å². The molecule has 3 N–H and O–H groups in total. The maximum absolute atomic E-state index is 10.8. The molecule has 1 amide bonds. The average molecular weight is 180 g/mol. The predicted molar refractivity (Wildman–Crippen MR) is 50.2 cm³/mol. The van der Waals surface area contributed by atoms with Gasteiger partial charge in [-0.05, 0) is 13.8 Å². The molecule has 0 saturated heterocycles. The summed E-state index contributed by atoms with van der Waals surface area (Å²) >= 11 is 0. The topological polar surface area (TPSA) is 80.9 Å². The van der Waals surface area contributed by atoms with Crippen LogP contribution in [0.1, 0.15) is 18.4 Å². The summed E-state index contributed by atoms with van der Waals surface area (Å²) in [5.41, 5.74) is 6.78. The minimum atomic E-state index is -0.178. The van der Waals surface area contributed by atoms with E-state index < -0.39 is 0 Å². The molecular weight excluding hydrogens is 168 g/mol. The molecule has 1 aromatic heterocycles. The zero-order valence-corrected chi connectivity index (χ0v) is 7.88. The number of anilines is 2. The third kappa shape index (κ3) is 2.14. The number of amides is 1. The average Bonchev–Trinajstić information content (AvgIpc) is 1.96. The van der Waals surface area contributed by atoms with E-state index in [0.717, 1.165) is 0 Å². The van der Waals surface area contributed by atoms with Gasteiger partial charge in [-0.15, -0.1) is 0 Å². The number of hydrogen-bond donors (Lipinski definition) is 2. The molecule has 0 fully saturated rings. The van der Waals surface area contributed by atoms with E-state index >= 15 is 0 Å². The maximum Gasteiger partial charge on any atom is 0.221 e. The van der Waals surface area contributed by atoms with Crippen LogP contribution in [0.5, 0.6) is 0 Å². The van der Waals surface area contributed by atoms with E-state index in [9.17, 15) is 4.79 Å². The molecule has 0 radical (unpaired) electrons. The fourth-order valence-corrected chi connectivity index (χ4v) is 1.07. The Morgan fingerprint density at radius 2 is 2.00 bits per heavy atom. The van der Waals surface area contributed by atoms with Gasteiger partial charge in [-0.3, -0.25) is 4.79 Å². The van der Waals surface area contributed by atoms with Crippen LogP contribution in [-0.2, 0) is 4.79 Å². The number of aromatic nitrogens is 2. The normalized spacial score (nSPS) is 9.77. The Morgan fingerprint density at radius 3 is 2.46 bits per heavy atom. The van der Waals surface area contributed by atoms with Crippen LogP contribution in [0, 0.1) is 13.8 Å². The largest absolute Gasteiger partial charge is 0.382 e. The molecule has 5 nitrogen and oxygen atoms in total. The van der Waals surface area contributed by atoms with Gasteiger partial charge < -0.3 is 11.1 Å². The number of aryl methyl sites for hydroxylation is 2. The first kappa shape index (κ1) is 9.44. The molecule has 5 heteroatoms. The molecule has 13 heavy (non-hydrogen) atoms. The second kappa shape index (κ2) is 3.38. The lowest BCUT2D eigenvalue weighted by Gasteiger charge is -2.08. The van der Waals surface area contributed by atoms with Crippen molar-refractivity contribution >= 4 is 17.4 Å². The van der Waals surface area contributed by atoms with Crippen molar-refractivity contribution in [3.05, 3.63) is 11.5 Å². The lowest BCUT2D eigenvalue weighted by atomic mass is 10.3. The summed E-state index contributed by atoms with van der Waals surface area (Å²) in [5.74, 6) is 0.728. The van der Waals surface area contributed by atoms with Gasteiger partial charge in [-0.1, -0.05) is 0 Å². The molecule has 70 valence electrons. The van der Waals surface area contributed by atoms with E-state index in [1.54, 1.807) is 13.8 Å². The number of nitrogens with one attached hydrogen (secondary N) is 1. The first-order valence-electron chi connectivity index (χ1n) is 3.89. The number of nitrogen functional groups attached to an aromatic ring is 1. The van der Waals surface area contributed by atoms with Gasteiger partial charge in [0.25, 0.3) is 0 Å². The van der Waals surface area contributed by atoms with E-state index in [-0.39, 0.29) is 5.91 Å². The molecule has 0 bridgehead atoms. The molecule has 1 aromatic rings. The number of nitrogens with zero attached hydrogens (tertiary/aromatic N) is 2. The van der Waals surface area contributed by atoms with Crippen LogP contribution < -0.4 is 11.1 Å². The Kier molecular flexibility index (Phi) is 2.46. The van der Waals surface area contributed by atoms with Crippen molar-refractivity contribution in [2.45, 2.75) is 20.8 Å². The van der Waals surface area contributed by atoms with Gasteiger partial charge >= 0.3 is 0 Å². The first-order valence-corrected chi connectivity index (χ1v) is 3.89. The molecular formula is C8H12N4O. The second-order valence-corrected chi connectivity index (χ2v) is 2.80. The third-order valence-corrected chi connectivity index (χ3v) is 1.53. The lowest BCUT2D eigenvalue weighted by molar-refractivity contribution is -0.114. The fourth-order valence-electron chi connectivity index (χ4n) is 1.07. The predicted octanol–water partition coefficient (Wildman–Crippen LogP) is 0.634. The van der Waals surface area contributed by atoms with E-state index in [4.69, 9.17) is 5.73 Å². The number of rotatable bonds is 1. The van der Waals surface area contributed by atoms with Crippen LogP contribution in [0.4, 0.5) is 11.5 Å². The van der Waals surface area contributed by atoms with Crippen LogP contribution in [0.15, 0.2) is 0 Å². The summed E-state index contributed by atoms with van der Waals surface area (Å²) in [4.78, 5) is 18.8. The number of nitrogens with two attached hydrogens (primary N) is 1. The van der Waals surface area contributed by atoms with E-state index in [1.165, 1.54) is 6.92 Å². The highest BCUT2D eigenvalue weighted by atomic mass is 16.1. The summed E-state index contributed by atoms with van der Waals surface area (Å²) in [6.07, 6.45) is 0. The Morgan fingerprint density at radius 1 is 1.38 bits per heavy atom. The van der Waals surface area contributed by atoms with Crippen molar-refractivity contribution < 1.29 is 4.79 Å². The molecule has 0 aliphatic carbocycles. The monoisotopic (exact) mass is 180 g/mol. The van der Waals surface area contributed by atoms with E-state index in [1.807, 2.05) is 0 Å². The Labute approximate surface area is 76.4 Å². The van der Waals surface area contributed by atoms with Gasteiger partial charge in [0, 0.05) is 6.92 Å². The molecule has 1 heterocycles. The van der Waals surface area contributed by atoms with Gasteiger partial charge in [0.2, 0.25) is 5.91 Å². The molecule has 0 atom stereocenters. The number of hydrogen-bond acceptors (Lipinski definition) is 4. The smallest absolute Gasteiger partial charge is 0.221 e. The number of carbonyl (C=O) groups excluding carboxylic acids is 1. The van der Waals surface area contributed by atoms with E-state index in [0.29, 0.717) is 23.0 Å². The number of carbonyl (C=O) groups is 1. The van der Waals surface area contributed by atoms with Crippen molar-refractivity contribution in [2.24, 2.45) is 0 Å². The molecule has 0 saturated carbocycles. The molecule has 0 unspecified atom stereocenters. The van der Waals surface area contributed by atoms with Crippen molar-refractivity contribution in [3.8, 4) is 0 Å². The van der Waals surface area contributed by atoms with Crippen LogP contribution in [-0.4, -0.2) is 15.9 Å². The molecule has 0 aliphatic heterocycles. The minimum Gasteiger partial charge on any atom is -0.382 e. The van der Waals surface area contributed by atoms with Crippen molar-refractivity contribution in [1.82, 2.24) is 9.97 Å². The van der Waals surface area contributed by atoms with E-state index in [2.05, 4.69) is 15.3 Å². The van der Waals surface area contributed by atoms with Gasteiger partial charge in [0.05, 0.1) is 5.69 Å². The Balaban J connectivity index is 3.13. The van der Waals surface area contributed by atoms with Crippen molar-refractivity contribution in [1.29, 1.82) is 0 Å².